The third-order valence-corrected chi connectivity index (χ3v) is 7.86. The number of anilines is 1. The topological polar surface area (TPSA) is 130 Å². The Bertz CT molecular complexity index is 1340. The molecule has 8 nitrogen and oxygen atoms in total. The Balaban J connectivity index is 1.84. The highest BCUT2D eigenvalue weighted by Crippen LogP contribution is 2.45. The zero-order valence-corrected chi connectivity index (χ0v) is 19.8. The predicted molar refractivity (Wildman–Crippen MR) is 120 cm³/mol. The number of hydrogen-bond donors (Lipinski definition) is 3. The lowest BCUT2D eigenvalue weighted by molar-refractivity contribution is -0.139. The summed E-state index contributed by atoms with van der Waals surface area (Å²) in [6, 6.07) is 8.72. The number of rotatable bonds is 8. The van der Waals surface area contributed by atoms with E-state index in [9.17, 15) is 36.3 Å². The average molecular weight is 580 g/mol. The SMILES string of the molecule is O=C(O)COc1c(C(=O)O)sc(-c2ccc(NS(=O)(=O)c3ccc(C(F)(F)F)cc3)cc2)c1Br. The van der Waals surface area contributed by atoms with E-state index < -0.39 is 40.3 Å². The van der Waals surface area contributed by atoms with Crippen molar-refractivity contribution in [3.8, 4) is 16.2 Å². The lowest BCUT2D eigenvalue weighted by Gasteiger charge is -2.10. The molecule has 3 rings (SSSR count). The molecule has 0 atom stereocenters. The summed E-state index contributed by atoms with van der Waals surface area (Å²) in [7, 11) is -4.17. The van der Waals surface area contributed by atoms with Gasteiger partial charge >= 0.3 is 18.1 Å². The number of nitrogens with one attached hydrogen (secondary N) is 1. The molecule has 34 heavy (non-hydrogen) atoms. The third kappa shape index (κ3) is 5.69. The Hall–Kier alpha value is -3.10. The van der Waals surface area contributed by atoms with Gasteiger partial charge in [0.1, 0.15) is 0 Å². The molecule has 0 aliphatic heterocycles. The van der Waals surface area contributed by atoms with E-state index in [0.717, 1.165) is 23.5 Å². The highest BCUT2D eigenvalue weighted by atomic mass is 79.9. The van der Waals surface area contributed by atoms with Crippen LogP contribution in [0.25, 0.3) is 10.4 Å². The van der Waals surface area contributed by atoms with Gasteiger partial charge in [-0.15, -0.1) is 11.3 Å². The fraction of sp³-hybridized carbons (Fsp3) is 0.100. The van der Waals surface area contributed by atoms with Gasteiger partial charge in [0.2, 0.25) is 0 Å². The second-order valence-corrected chi connectivity index (χ2v) is 10.1. The first-order valence-electron chi connectivity index (χ1n) is 9.00. The van der Waals surface area contributed by atoms with Gasteiger partial charge in [-0.25, -0.2) is 18.0 Å². The normalized spacial score (nSPS) is 11.8. The number of thiophene rings is 1. The number of sulfonamides is 1. The average Bonchev–Trinajstić information content (AvgIpc) is 3.08. The van der Waals surface area contributed by atoms with Crippen LogP contribution in [0.1, 0.15) is 15.2 Å². The van der Waals surface area contributed by atoms with Gasteiger partial charge in [0.15, 0.2) is 17.2 Å². The van der Waals surface area contributed by atoms with Crippen molar-refractivity contribution in [3.05, 3.63) is 63.4 Å². The minimum absolute atomic E-state index is 0.108. The second kappa shape index (κ2) is 9.64. The minimum Gasteiger partial charge on any atom is -0.479 e. The molecule has 0 aliphatic rings. The Morgan fingerprint density at radius 1 is 1.03 bits per heavy atom. The molecule has 0 aliphatic carbocycles. The highest BCUT2D eigenvalue weighted by molar-refractivity contribution is 9.10. The van der Waals surface area contributed by atoms with Gasteiger partial charge in [0.25, 0.3) is 10.0 Å². The molecule has 0 saturated heterocycles. The molecule has 0 saturated carbocycles. The van der Waals surface area contributed by atoms with Crippen LogP contribution in [0, 0.1) is 0 Å². The Labute approximate surface area is 202 Å². The van der Waals surface area contributed by atoms with Crippen LogP contribution >= 0.6 is 27.3 Å². The fourth-order valence-corrected chi connectivity index (χ4v) is 5.67. The summed E-state index contributed by atoms with van der Waals surface area (Å²) in [6.45, 7) is -0.750. The minimum atomic E-state index is -4.60. The van der Waals surface area contributed by atoms with Crippen molar-refractivity contribution in [1.29, 1.82) is 0 Å². The lowest BCUT2D eigenvalue weighted by atomic mass is 10.2. The molecule has 0 spiro atoms. The maximum atomic E-state index is 12.7. The summed E-state index contributed by atoms with van der Waals surface area (Å²) in [4.78, 5) is 22.1. The van der Waals surface area contributed by atoms with Crippen LogP contribution in [0.2, 0.25) is 0 Å². The monoisotopic (exact) mass is 579 g/mol. The van der Waals surface area contributed by atoms with E-state index in [1.54, 1.807) is 0 Å². The number of aromatic carboxylic acids is 1. The van der Waals surface area contributed by atoms with E-state index >= 15 is 0 Å². The predicted octanol–water partition coefficient (Wildman–Crippen LogP) is 5.16. The number of halogens is 4. The van der Waals surface area contributed by atoms with E-state index in [0.29, 0.717) is 22.6 Å². The maximum Gasteiger partial charge on any atom is 0.416 e. The molecule has 0 amide bonds. The Morgan fingerprint density at radius 2 is 1.62 bits per heavy atom. The number of carbonyl (C=O) groups is 2. The maximum absolute atomic E-state index is 12.7. The molecule has 0 unspecified atom stereocenters. The van der Waals surface area contributed by atoms with Crippen molar-refractivity contribution in [3.63, 3.8) is 0 Å². The smallest absolute Gasteiger partial charge is 0.416 e. The lowest BCUT2D eigenvalue weighted by Crippen LogP contribution is -2.13. The molecule has 0 fully saturated rings. The molecular formula is C20H13BrF3NO7S2. The van der Waals surface area contributed by atoms with Crippen LogP contribution in [0.3, 0.4) is 0 Å². The van der Waals surface area contributed by atoms with Crippen molar-refractivity contribution in [2.24, 2.45) is 0 Å². The zero-order valence-electron chi connectivity index (χ0n) is 16.6. The molecular weight excluding hydrogens is 567 g/mol. The first-order chi connectivity index (χ1) is 15.8. The summed E-state index contributed by atoms with van der Waals surface area (Å²) in [5.41, 5.74) is -0.399. The van der Waals surface area contributed by atoms with Crippen molar-refractivity contribution in [2.45, 2.75) is 11.1 Å². The van der Waals surface area contributed by atoms with Crippen LogP contribution in [0.4, 0.5) is 18.9 Å². The quantitative estimate of drug-likeness (QED) is 0.336. The molecule has 3 N–H and O–H groups in total. The van der Waals surface area contributed by atoms with Crippen LogP contribution in [0.5, 0.6) is 5.75 Å². The summed E-state index contributed by atoms with van der Waals surface area (Å²) >= 11 is 4.04. The number of benzene rings is 2. The van der Waals surface area contributed by atoms with Gasteiger partial charge < -0.3 is 14.9 Å². The van der Waals surface area contributed by atoms with Gasteiger partial charge in [-0.2, -0.15) is 13.2 Å². The highest BCUT2D eigenvalue weighted by Gasteiger charge is 2.30. The number of carboxylic acids is 2. The summed E-state index contributed by atoms with van der Waals surface area (Å²) in [6.07, 6.45) is -4.60. The third-order valence-electron chi connectivity index (χ3n) is 4.23. The summed E-state index contributed by atoms with van der Waals surface area (Å²) in [5.74, 6) is -2.76. The molecule has 0 radical (unpaired) electrons. The zero-order chi connectivity index (χ0) is 25.3. The van der Waals surface area contributed by atoms with E-state index in [2.05, 4.69) is 20.7 Å². The van der Waals surface area contributed by atoms with Crippen molar-refractivity contribution < 1.29 is 46.1 Å². The molecule has 180 valence electrons. The first kappa shape index (κ1) is 25.5. The summed E-state index contributed by atoms with van der Waals surface area (Å²) in [5, 5.41) is 18.2. The first-order valence-corrected chi connectivity index (χ1v) is 12.1. The molecule has 0 bridgehead atoms. The fourth-order valence-electron chi connectivity index (χ4n) is 2.71. The van der Waals surface area contributed by atoms with E-state index in [1.165, 1.54) is 24.3 Å². The summed E-state index contributed by atoms with van der Waals surface area (Å²) < 4.78 is 70.6. The van der Waals surface area contributed by atoms with Gasteiger partial charge in [-0.1, -0.05) is 12.1 Å². The largest absolute Gasteiger partial charge is 0.479 e. The van der Waals surface area contributed by atoms with Crippen molar-refractivity contribution in [1.82, 2.24) is 0 Å². The number of aliphatic carboxylic acids is 1. The Kier molecular flexibility index (Phi) is 7.24. The molecule has 2 aromatic carbocycles. The van der Waals surface area contributed by atoms with Gasteiger partial charge in [0, 0.05) is 5.69 Å². The van der Waals surface area contributed by atoms with Crippen molar-refractivity contribution in [2.75, 3.05) is 11.3 Å². The van der Waals surface area contributed by atoms with E-state index in [1.807, 2.05) is 0 Å². The van der Waals surface area contributed by atoms with E-state index in [4.69, 9.17) is 9.84 Å². The van der Waals surface area contributed by atoms with Gasteiger partial charge in [-0.05, 0) is 57.9 Å². The van der Waals surface area contributed by atoms with Crippen LogP contribution in [0.15, 0.2) is 57.9 Å². The second-order valence-electron chi connectivity index (χ2n) is 6.60. The van der Waals surface area contributed by atoms with E-state index in [-0.39, 0.29) is 25.7 Å². The number of carboxylic acid groups (broad SMARTS) is 2. The number of hydrogen-bond acceptors (Lipinski definition) is 6. The van der Waals surface area contributed by atoms with Gasteiger partial charge in [-0.3, -0.25) is 4.72 Å². The number of ether oxygens (including phenoxy) is 1. The number of alkyl halides is 3. The Morgan fingerprint density at radius 3 is 2.12 bits per heavy atom. The standard InChI is InChI=1S/C20H13BrF3NO7S2/c21-15-16(32-9-14(26)27)18(19(28)29)33-17(15)10-1-5-12(6-2-10)25-34(30,31)13-7-3-11(4-8-13)20(22,23)24/h1-8,25H,9H2,(H,26,27)(H,28,29). The van der Waals surface area contributed by atoms with Gasteiger partial charge in [0.05, 0.1) is 19.8 Å². The van der Waals surface area contributed by atoms with Crippen LogP contribution in [-0.2, 0) is 21.0 Å². The van der Waals surface area contributed by atoms with Crippen LogP contribution in [-0.4, -0.2) is 37.2 Å². The molecule has 1 heterocycles. The molecule has 14 heteroatoms. The van der Waals surface area contributed by atoms with Crippen LogP contribution < -0.4 is 9.46 Å². The molecule has 3 aromatic rings. The van der Waals surface area contributed by atoms with Crippen molar-refractivity contribution >= 4 is 54.9 Å². The molecule has 1 aromatic heterocycles.